The number of carboxylic acid groups (broad SMARTS) is 1. The Balaban J connectivity index is 0.000000218. The third-order valence-electron chi connectivity index (χ3n) is 10.6. The lowest BCUT2D eigenvalue weighted by molar-refractivity contribution is 0.0696. The molecule has 8 rings (SSSR count). The lowest BCUT2D eigenvalue weighted by Crippen LogP contribution is -2.40. The fraction of sp³-hybridized carbons (Fsp3) is 0.172. The van der Waals surface area contributed by atoms with Gasteiger partial charge in [-0.25, -0.2) is 25.7 Å². The van der Waals surface area contributed by atoms with Gasteiger partial charge in [-0.2, -0.15) is 0 Å². The number of carboxylic acids is 1. The van der Waals surface area contributed by atoms with Gasteiger partial charge in [-0.3, -0.25) is 4.79 Å². The molecule has 0 bridgehead atoms. The highest BCUT2D eigenvalue weighted by Crippen LogP contribution is 2.33. The van der Waals surface area contributed by atoms with Crippen LogP contribution in [0.3, 0.4) is 0 Å². The topological polar surface area (TPSA) is 248 Å². The van der Waals surface area contributed by atoms with Gasteiger partial charge in [0.05, 0.1) is 65.8 Å². The molecule has 8 N–H and O–H groups in total. The first-order valence-corrected chi connectivity index (χ1v) is 23.6. The van der Waals surface area contributed by atoms with Crippen LogP contribution in [-0.4, -0.2) is 52.2 Å². The zero-order chi connectivity index (χ0) is 54.9. The molecule has 0 saturated carbocycles. The summed E-state index contributed by atoms with van der Waals surface area (Å²) < 4.78 is 21.4. The molecule has 0 aliphatic carbocycles. The van der Waals surface area contributed by atoms with Crippen LogP contribution in [0.2, 0.25) is 0 Å². The number of ether oxygens (including phenoxy) is 2. The van der Waals surface area contributed by atoms with Crippen LogP contribution in [0.4, 0.5) is 22.7 Å². The Morgan fingerprint density at radius 1 is 0.558 bits per heavy atom. The summed E-state index contributed by atoms with van der Waals surface area (Å²) in [6, 6.07) is 43.5. The van der Waals surface area contributed by atoms with Crippen molar-refractivity contribution < 1.29 is 52.4 Å². The number of nitrogens with one attached hydrogen (secondary N) is 5. The lowest BCUT2D eigenvalue weighted by Gasteiger charge is -2.23. The van der Waals surface area contributed by atoms with Crippen molar-refractivity contribution in [1.29, 1.82) is 0 Å². The van der Waals surface area contributed by atoms with Gasteiger partial charge in [0.15, 0.2) is 48.7 Å². The molecule has 77 heavy (non-hydrogen) atoms. The molecule has 0 aliphatic rings. The molecular weight excluding hydrogens is 985 g/mol. The van der Waals surface area contributed by atoms with E-state index in [1.165, 1.54) is 12.8 Å². The van der Waals surface area contributed by atoms with Crippen molar-refractivity contribution in [3.05, 3.63) is 193 Å². The minimum absolute atomic E-state index is 0.147. The van der Waals surface area contributed by atoms with Crippen LogP contribution in [0, 0.1) is 24.4 Å². The van der Waals surface area contributed by atoms with E-state index in [1.54, 1.807) is 93.3 Å². The van der Waals surface area contributed by atoms with Crippen molar-refractivity contribution in [2.45, 2.75) is 51.6 Å². The summed E-state index contributed by atoms with van der Waals surface area (Å²) in [7, 11) is 3.14. The highest BCUT2D eigenvalue weighted by atomic mass is 16.7. The summed E-state index contributed by atoms with van der Waals surface area (Å²) in [4.78, 5) is 51.1. The summed E-state index contributed by atoms with van der Waals surface area (Å²) in [5.74, 6) is 1.38. The minimum atomic E-state index is -0.879. The molecule has 2 heterocycles. The maximum atomic E-state index is 12.3. The zero-order valence-corrected chi connectivity index (χ0v) is 43.1. The number of carbonyl (C=O) groups excluding carboxylic acids is 1. The van der Waals surface area contributed by atoms with Gasteiger partial charge in [0.2, 0.25) is 0 Å². The number of anilines is 4. The zero-order valence-electron chi connectivity index (χ0n) is 43.1. The van der Waals surface area contributed by atoms with Crippen molar-refractivity contribution in [2.24, 2.45) is 0 Å². The molecule has 6 aromatic carbocycles. The van der Waals surface area contributed by atoms with E-state index in [9.17, 15) is 9.59 Å². The van der Waals surface area contributed by atoms with Crippen LogP contribution in [0.5, 0.6) is 11.5 Å². The normalized spacial score (nSPS) is 10.4. The Hall–Kier alpha value is -10.1. The lowest BCUT2D eigenvalue weighted by atomic mass is 9.96. The van der Waals surface area contributed by atoms with Crippen LogP contribution in [0.1, 0.15) is 59.5 Å². The van der Waals surface area contributed by atoms with E-state index in [0.29, 0.717) is 51.9 Å². The van der Waals surface area contributed by atoms with Crippen molar-refractivity contribution in [1.82, 2.24) is 20.9 Å². The smallest absolute Gasteiger partial charge is 0.335 e. The van der Waals surface area contributed by atoms with Crippen LogP contribution in [0.25, 0.3) is 22.6 Å². The fourth-order valence-corrected chi connectivity index (χ4v) is 7.00. The predicted octanol–water partition coefficient (Wildman–Crippen LogP) is 10.5. The number of hydrogen-bond acceptors (Lipinski definition) is 17. The summed E-state index contributed by atoms with van der Waals surface area (Å²) in [5, 5.41) is 11.3. The largest absolute Gasteiger partial charge is 0.496 e. The first-order chi connectivity index (χ1) is 37.2. The molecule has 19 nitrogen and oxygen atoms in total. The van der Waals surface area contributed by atoms with E-state index in [-0.39, 0.29) is 11.4 Å². The van der Waals surface area contributed by atoms with Gasteiger partial charge in [0.25, 0.3) is 5.91 Å². The highest BCUT2D eigenvalue weighted by molar-refractivity contribution is 6.04. The molecule has 1 amide bonds. The summed E-state index contributed by atoms with van der Waals surface area (Å²) in [6.07, 6.45) is 17.1. The second-order valence-corrected chi connectivity index (χ2v) is 17.8. The molecule has 2 aromatic heterocycles. The summed E-state index contributed by atoms with van der Waals surface area (Å²) >= 11 is 0. The molecular formula is C58H58N8O11. The Kier molecular flexibility index (Phi) is 20.7. The van der Waals surface area contributed by atoms with E-state index >= 15 is 0 Å². The van der Waals surface area contributed by atoms with Gasteiger partial charge in [-0.05, 0) is 124 Å². The second-order valence-electron chi connectivity index (χ2n) is 17.8. The number of hydrogen-bond donors (Lipinski definition) is 7. The van der Waals surface area contributed by atoms with E-state index in [2.05, 4.69) is 61.6 Å². The number of nitrogen functional groups attached to an aromatic ring is 1. The molecule has 0 saturated heterocycles. The molecule has 0 aliphatic heterocycles. The first-order valence-electron chi connectivity index (χ1n) is 23.6. The fourth-order valence-electron chi connectivity index (χ4n) is 7.00. The molecule has 8 aromatic rings. The maximum absolute atomic E-state index is 12.3. The number of nitrogens with zero attached hydrogens (tertiary/aromatic N) is 2. The summed E-state index contributed by atoms with van der Waals surface area (Å²) in [6.45, 7) is 7.99. The number of oxazole rings is 2. The number of methoxy groups -OCH3 is 2. The van der Waals surface area contributed by atoms with E-state index in [1.807, 2.05) is 107 Å². The minimum Gasteiger partial charge on any atom is -0.496 e. The Morgan fingerprint density at radius 3 is 1.38 bits per heavy atom. The number of rotatable bonds is 19. The molecule has 0 spiro atoms. The second kappa shape index (κ2) is 28.4. The number of hydroxylamine groups is 2. The van der Waals surface area contributed by atoms with E-state index < -0.39 is 11.5 Å². The first kappa shape index (κ1) is 56.2. The van der Waals surface area contributed by atoms with Gasteiger partial charge < -0.3 is 53.8 Å². The van der Waals surface area contributed by atoms with Gasteiger partial charge in [-0.15, -0.1) is 11.0 Å². The molecule has 0 radical (unpaired) electrons. The predicted molar refractivity (Wildman–Crippen MR) is 291 cm³/mol. The molecule has 0 fully saturated rings. The number of benzene rings is 6. The average Bonchev–Trinajstić information content (AvgIpc) is 4.19. The van der Waals surface area contributed by atoms with Gasteiger partial charge in [0, 0.05) is 29.1 Å². The monoisotopic (exact) mass is 1040 g/mol. The van der Waals surface area contributed by atoms with Gasteiger partial charge in [-0.1, -0.05) is 60.7 Å². The average molecular weight is 1040 g/mol. The van der Waals surface area contributed by atoms with Crippen molar-refractivity contribution in [3.63, 3.8) is 0 Å². The molecule has 396 valence electrons. The molecule has 0 atom stereocenters. The Morgan fingerprint density at radius 2 is 0.974 bits per heavy atom. The SMILES string of the molecule is COc1cc(NOC#CONC(C)(C)Cc2ccc(N)cc2)ccc1-c1cnco1.COc1cc(NOC#CONC(C)(C)Cc2ccc(NC(=O)c3ccccc3)cc2)ccc1-c1cnco1.O=C(O)c1ccccc1. The van der Waals surface area contributed by atoms with E-state index in [4.69, 9.17) is 48.5 Å². The van der Waals surface area contributed by atoms with Crippen LogP contribution >= 0.6 is 0 Å². The summed E-state index contributed by atoms with van der Waals surface area (Å²) in [5.41, 5.74) is 23.7. The maximum Gasteiger partial charge on any atom is 0.335 e. The number of carbonyl (C=O) groups is 2. The number of aromatic carboxylic acids is 1. The number of amides is 1. The van der Waals surface area contributed by atoms with Gasteiger partial charge >= 0.3 is 5.97 Å². The number of nitrogens with two attached hydrogens (primary N) is 1. The third kappa shape index (κ3) is 18.7. The van der Waals surface area contributed by atoms with Crippen molar-refractivity contribution in [2.75, 3.05) is 36.2 Å². The van der Waals surface area contributed by atoms with Crippen LogP contribution in [0.15, 0.2) is 180 Å². The van der Waals surface area contributed by atoms with E-state index in [0.717, 1.165) is 40.0 Å². The highest BCUT2D eigenvalue weighted by Gasteiger charge is 2.20. The van der Waals surface area contributed by atoms with Crippen molar-refractivity contribution >= 4 is 34.6 Å². The Labute approximate surface area is 445 Å². The number of aromatic nitrogens is 2. The standard InChI is InChI=1S/C29H28N4O5.C22H24N4O4.C7H6O2/c1-29(2,18-21-9-11-23(12-10-21)31-28(34)22-7-5-4-6-8-22)33-38-16-15-37-32-24-13-14-25(26(17-24)35-3)27-19-30-20-36-27;1-22(2,13-16-4-6-17(23)7-5-16)26-30-11-10-29-25-18-8-9-19(20(12-18)27-3)21-14-24-15-28-21;8-7(9)6-4-2-1-3-5-6/h4-14,17,19-20,32-33H,18H2,1-3H3,(H,31,34);4-9,12,14-15,25-26H,13,23H2,1-3H3;1-5H,(H,8,9). The van der Waals surface area contributed by atoms with Gasteiger partial charge in [0.1, 0.15) is 11.5 Å². The Bertz CT molecular complexity index is 3210. The van der Waals surface area contributed by atoms with Crippen LogP contribution in [-0.2, 0) is 32.2 Å². The van der Waals surface area contributed by atoms with Crippen LogP contribution < -0.4 is 42.4 Å². The molecule has 0 unspecified atom stereocenters. The molecule has 19 heteroatoms. The third-order valence-corrected chi connectivity index (χ3v) is 10.6. The van der Waals surface area contributed by atoms with Crippen molar-refractivity contribution in [3.8, 4) is 58.6 Å². The quantitative estimate of drug-likeness (QED) is 0.0226.